The van der Waals surface area contributed by atoms with Crippen molar-refractivity contribution in [2.75, 3.05) is 0 Å². The maximum absolute atomic E-state index is 13.2. The summed E-state index contributed by atoms with van der Waals surface area (Å²) >= 11 is 0. The highest BCUT2D eigenvalue weighted by atomic mass is 19.1. The first-order valence-electron chi connectivity index (χ1n) is 8.21. The SMILES string of the molecule is CCCc1noc(CN2C(=O)N[C@](CC)(c3ccc(F)cc3)C2=O)n1. The average Bonchev–Trinajstić information content (AvgIpc) is 3.14. The molecule has 3 amide bonds. The second-order valence-electron chi connectivity index (χ2n) is 5.94. The molecule has 25 heavy (non-hydrogen) atoms. The van der Waals surface area contributed by atoms with Crippen molar-refractivity contribution in [2.45, 2.75) is 45.2 Å². The van der Waals surface area contributed by atoms with Crippen LogP contribution in [0.3, 0.4) is 0 Å². The standard InChI is InChI=1S/C17H19FN4O3/c1-3-5-13-19-14(25-21-13)10-22-15(23)17(4-2,20-16(22)24)11-6-8-12(18)9-7-11/h6-9H,3-5,10H2,1-2H3,(H,20,24)/t17-/m1/s1. The van der Waals surface area contributed by atoms with Crippen LogP contribution in [0, 0.1) is 5.82 Å². The molecule has 2 aromatic rings. The van der Waals surface area contributed by atoms with Crippen molar-refractivity contribution in [1.29, 1.82) is 0 Å². The molecule has 2 heterocycles. The van der Waals surface area contributed by atoms with Gasteiger partial charge in [0, 0.05) is 6.42 Å². The summed E-state index contributed by atoms with van der Waals surface area (Å²) in [6.45, 7) is 3.69. The average molecular weight is 346 g/mol. The van der Waals surface area contributed by atoms with Crippen molar-refractivity contribution < 1.29 is 18.5 Å². The largest absolute Gasteiger partial charge is 0.337 e. The van der Waals surface area contributed by atoms with E-state index in [0.717, 1.165) is 11.3 Å². The van der Waals surface area contributed by atoms with Crippen molar-refractivity contribution in [2.24, 2.45) is 0 Å². The molecule has 1 atom stereocenters. The number of halogens is 1. The fraction of sp³-hybridized carbons (Fsp3) is 0.412. The topological polar surface area (TPSA) is 88.3 Å². The smallest absolute Gasteiger partial charge is 0.325 e. The number of aryl methyl sites for hydroxylation is 1. The van der Waals surface area contributed by atoms with E-state index in [0.29, 0.717) is 24.2 Å². The highest BCUT2D eigenvalue weighted by molar-refractivity contribution is 6.07. The van der Waals surface area contributed by atoms with Gasteiger partial charge < -0.3 is 9.84 Å². The number of amides is 3. The number of aromatic nitrogens is 2. The summed E-state index contributed by atoms with van der Waals surface area (Å²) in [5.74, 6) is -0.0670. The van der Waals surface area contributed by atoms with Crippen molar-refractivity contribution in [1.82, 2.24) is 20.4 Å². The molecule has 0 unspecified atom stereocenters. The first kappa shape index (κ1) is 17.1. The number of nitrogens with zero attached hydrogens (tertiary/aromatic N) is 3. The molecule has 0 bridgehead atoms. The molecule has 1 aliphatic rings. The van der Waals surface area contributed by atoms with Crippen LogP contribution in [-0.4, -0.2) is 27.0 Å². The van der Waals surface area contributed by atoms with Gasteiger partial charge in [0.25, 0.3) is 5.91 Å². The van der Waals surface area contributed by atoms with Crippen molar-refractivity contribution in [3.8, 4) is 0 Å². The van der Waals surface area contributed by atoms with Gasteiger partial charge in [-0.2, -0.15) is 4.98 Å². The van der Waals surface area contributed by atoms with Crippen molar-refractivity contribution in [3.05, 3.63) is 47.4 Å². The summed E-state index contributed by atoms with van der Waals surface area (Å²) < 4.78 is 18.3. The van der Waals surface area contributed by atoms with Gasteiger partial charge in [0.1, 0.15) is 17.9 Å². The zero-order valence-corrected chi connectivity index (χ0v) is 14.1. The Hall–Kier alpha value is -2.77. The number of benzene rings is 1. The summed E-state index contributed by atoms with van der Waals surface area (Å²) in [7, 11) is 0. The molecular formula is C17H19FN4O3. The minimum absolute atomic E-state index is 0.0929. The second kappa shape index (κ2) is 6.62. The molecule has 7 nitrogen and oxygen atoms in total. The van der Waals surface area contributed by atoms with Crippen LogP contribution in [0.2, 0.25) is 0 Å². The molecule has 8 heteroatoms. The van der Waals surface area contributed by atoms with Crippen LogP contribution in [0.4, 0.5) is 9.18 Å². The van der Waals surface area contributed by atoms with E-state index >= 15 is 0 Å². The van der Waals surface area contributed by atoms with Gasteiger partial charge in [0.2, 0.25) is 5.89 Å². The van der Waals surface area contributed by atoms with Crippen LogP contribution < -0.4 is 5.32 Å². The van der Waals surface area contributed by atoms with E-state index in [-0.39, 0.29) is 12.4 Å². The molecule has 1 aromatic heterocycles. The lowest BCUT2D eigenvalue weighted by molar-refractivity contribution is -0.132. The fourth-order valence-corrected chi connectivity index (χ4v) is 2.96. The molecule has 1 saturated heterocycles. The molecule has 0 saturated carbocycles. The fourth-order valence-electron chi connectivity index (χ4n) is 2.96. The lowest BCUT2D eigenvalue weighted by Crippen LogP contribution is -2.43. The van der Waals surface area contributed by atoms with Crippen LogP contribution in [0.5, 0.6) is 0 Å². The Balaban J connectivity index is 1.86. The first-order valence-corrected chi connectivity index (χ1v) is 8.21. The van der Waals surface area contributed by atoms with Gasteiger partial charge in [0.05, 0.1) is 0 Å². The number of hydrogen-bond acceptors (Lipinski definition) is 5. The van der Waals surface area contributed by atoms with E-state index in [1.54, 1.807) is 6.92 Å². The summed E-state index contributed by atoms with van der Waals surface area (Å²) in [4.78, 5) is 30.6. The lowest BCUT2D eigenvalue weighted by Gasteiger charge is -2.25. The predicted octanol–water partition coefficient (Wildman–Crippen LogP) is 2.52. The molecule has 1 aliphatic heterocycles. The minimum Gasteiger partial charge on any atom is -0.337 e. The Morgan fingerprint density at radius 2 is 1.96 bits per heavy atom. The first-order chi connectivity index (χ1) is 12.0. The molecule has 0 aliphatic carbocycles. The van der Waals surface area contributed by atoms with E-state index in [1.807, 2.05) is 6.92 Å². The zero-order valence-electron chi connectivity index (χ0n) is 14.1. The van der Waals surface area contributed by atoms with Gasteiger partial charge in [-0.15, -0.1) is 0 Å². The normalized spacial score (nSPS) is 20.2. The lowest BCUT2D eigenvalue weighted by atomic mass is 9.87. The number of urea groups is 1. The van der Waals surface area contributed by atoms with Crippen LogP contribution in [0.25, 0.3) is 0 Å². The molecular weight excluding hydrogens is 327 g/mol. The second-order valence-corrected chi connectivity index (χ2v) is 5.94. The molecule has 3 rings (SSSR count). The quantitative estimate of drug-likeness (QED) is 0.812. The Morgan fingerprint density at radius 3 is 2.60 bits per heavy atom. The van der Waals surface area contributed by atoms with Crippen LogP contribution in [0.1, 0.15) is 44.0 Å². The van der Waals surface area contributed by atoms with Crippen LogP contribution in [0.15, 0.2) is 28.8 Å². The summed E-state index contributed by atoms with van der Waals surface area (Å²) in [5, 5.41) is 6.56. The predicted molar refractivity (Wildman–Crippen MR) is 85.7 cm³/mol. The van der Waals surface area contributed by atoms with E-state index in [9.17, 15) is 14.0 Å². The maximum atomic E-state index is 13.2. The number of nitrogens with one attached hydrogen (secondary N) is 1. The number of hydrogen-bond donors (Lipinski definition) is 1. The summed E-state index contributed by atoms with van der Waals surface area (Å²) in [5.41, 5.74) is -0.675. The van der Waals surface area contributed by atoms with Gasteiger partial charge in [-0.05, 0) is 30.5 Å². The number of carbonyl (C=O) groups excluding carboxylic acids is 2. The monoisotopic (exact) mass is 346 g/mol. The zero-order chi connectivity index (χ0) is 18.0. The van der Waals surface area contributed by atoms with Crippen LogP contribution in [-0.2, 0) is 23.3 Å². The molecule has 0 spiro atoms. The highest BCUT2D eigenvalue weighted by Gasteiger charge is 2.51. The highest BCUT2D eigenvalue weighted by Crippen LogP contribution is 2.33. The molecule has 132 valence electrons. The van der Waals surface area contributed by atoms with Gasteiger partial charge in [-0.25, -0.2) is 9.18 Å². The molecule has 1 fully saturated rings. The van der Waals surface area contributed by atoms with Crippen molar-refractivity contribution >= 4 is 11.9 Å². The Kier molecular flexibility index (Phi) is 4.52. The molecule has 1 aromatic carbocycles. The Morgan fingerprint density at radius 1 is 1.24 bits per heavy atom. The number of rotatable bonds is 6. The molecule has 0 radical (unpaired) electrons. The third-order valence-electron chi connectivity index (χ3n) is 4.32. The Labute approximate surface area is 144 Å². The van der Waals surface area contributed by atoms with Gasteiger partial charge in [0.15, 0.2) is 5.82 Å². The van der Waals surface area contributed by atoms with E-state index < -0.39 is 23.3 Å². The van der Waals surface area contributed by atoms with E-state index in [4.69, 9.17) is 4.52 Å². The van der Waals surface area contributed by atoms with Gasteiger partial charge in [-0.1, -0.05) is 31.1 Å². The third kappa shape index (κ3) is 2.99. The van der Waals surface area contributed by atoms with E-state index in [1.165, 1.54) is 24.3 Å². The maximum Gasteiger partial charge on any atom is 0.325 e. The van der Waals surface area contributed by atoms with Gasteiger partial charge in [-0.3, -0.25) is 9.69 Å². The minimum atomic E-state index is -1.21. The molecule has 1 N–H and O–H groups in total. The van der Waals surface area contributed by atoms with Gasteiger partial charge >= 0.3 is 6.03 Å². The van der Waals surface area contributed by atoms with Crippen LogP contribution >= 0.6 is 0 Å². The Bertz CT molecular complexity index is 789. The van der Waals surface area contributed by atoms with E-state index in [2.05, 4.69) is 15.5 Å². The van der Waals surface area contributed by atoms with Crippen molar-refractivity contribution in [3.63, 3.8) is 0 Å². The number of carbonyl (C=O) groups is 2. The summed E-state index contributed by atoms with van der Waals surface area (Å²) in [6, 6.07) is 5.01. The number of imide groups is 1. The third-order valence-corrected chi connectivity index (χ3v) is 4.32. The summed E-state index contributed by atoms with van der Waals surface area (Å²) in [6.07, 6.45) is 1.87.